The predicted octanol–water partition coefficient (Wildman–Crippen LogP) is 5.03. The number of halogens is 1. The van der Waals surface area contributed by atoms with E-state index in [9.17, 15) is 4.79 Å². The Labute approximate surface area is 186 Å². The summed E-state index contributed by atoms with van der Waals surface area (Å²) in [6, 6.07) is 13.2. The van der Waals surface area contributed by atoms with E-state index < -0.39 is 5.60 Å². The summed E-state index contributed by atoms with van der Waals surface area (Å²) >= 11 is 4.87. The standard InChI is InChI=1S/C21H20BrN5O2S/c1-12-11-14(18-26-27-13(2)24-25-20(27)30-18)5-10-17(12)23-19(28)21(3,4)29-16-8-6-15(22)7-9-16/h5-11H,1-4H3,(H,23,28). The van der Waals surface area contributed by atoms with Gasteiger partial charge < -0.3 is 10.1 Å². The number of hydrogen-bond donors (Lipinski definition) is 1. The van der Waals surface area contributed by atoms with Crippen LogP contribution in [0, 0.1) is 13.8 Å². The second-order valence-corrected chi connectivity index (χ2v) is 9.27. The average molecular weight is 486 g/mol. The first-order valence-corrected chi connectivity index (χ1v) is 10.9. The number of ether oxygens (including phenoxy) is 1. The van der Waals surface area contributed by atoms with Gasteiger partial charge in [-0.15, -0.1) is 10.2 Å². The topological polar surface area (TPSA) is 81.4 Å². The van der Waals surface area contributed by atoms with Gasteiger partial charge in [-0.05, 0) is 75.7 Å². The van der Waals surface area contributed by atoms with E-state index in [2.05, 4.69) is 36.5 Å². The normalized spacial score (nSPS) is 11.6. The summed E-state index contributed by atoms with van der Waals surface area (Å²) in [7, 11) is 0. The van der Waals surface area contributed by atoms with Crippen molar-refractivity contribution in [2.75, 3.05) is 5.32 Å². The zero-order valence-corrected chi connectivity index (χ0v) is 19.3. The van der Waals surface area contributed by atoms with E-state index in [0.29, 0.717) is 5.75 Å². The summed E-state index contributed by atoms with van der Waals surface area (Å²) in [5, 5.41) is 16.5. The molecule has 1 N–H and O–H groups in total. The largest absolute Gasteiger partial charge is 0.478 e. The molecule has 0 unspecified atom stereocenters. The zero-order chi connectivity index (χ0) is 21.5. The van der Waals surface area contributed by atoms with Crippen LogP contribution in [-0.4, -0.2) is 31.3 Å². The Kier molecular flexibility index (Phi) is 5.33. The molecule has 0 saturated carbocycles. The molecule has 1 amide bonds. The quantitative estimate of drug-likeness (QED) is 0.428. The Bertz CT molecular complexity index is 1230. The number of anilines is 1. The summed E-state index contributed by atoms with van der Waals surface area (Å²) in [6.45, 7) is 7.31. The van der Waals surface area contributed by atoms with Crippen LogP contribution in [0.3, 0.4) is 0 Å². The van der Waals surface area contributed by atoms with Crippen LogP contribution in [0.4, 0.5) is 5.69 Å². The maximum absolute atomic E-state index is 12.9. The highest BCUT2D eigenvalue weighted by Crippen LogP contribution is 2.29. The SMILES string of the molecule is Cc1cc(-c2nn3c(C)nnc3s2)ccc1NC(=O)C(C)(C)Oc1ccc(Br)cc1. The molecule has 0 bridgehead atoms. The van der Waals surface area contributed by atoms with E-state index >= 15 is 0 Å². The van der Waals surface area contributed by atoms with Gasteiger partial charge in [0.1, 0.15) is 10.8 Å². The van der Waals surface area contributed by atoms with Crippen LogP contribution >= 0.6 is 27.3 Å². The monoisotopic (exact) mass is 485 g/mol. The maximum Gasteiger partial charge on any atom is 0.267 e. The first-order valence-electron chi connectivity index (χ1n) is 9.29. The van der Waals surface area contributed by atoms with Crippen molar-refractivity contribution in [2.45, 2.75) is 33.3 Å². The van der Waals surface area contributed by atoms with E-state index in [-0.39, 0.29) is 5.91 Å². The number of nitrogens with one attached hydrogen (secondary N) is 1. The van der Waals surface area contributed by atoms with E-state index in [1.807, 2.05) is 56.3 Å². The predicted molar refractivity (Wildman–Crippen MR) is 121 cm³/mol. The Hall–Kier alpha value is -2.78. The van der Waals surface area contributed by atoms with Gasteiger partial charge in [0.15, 0.2) is 11.4 Å². The molecule has 0 spiro atoms. The lowest BCUT2D eigenvalue weighted by molar-refractivity contribution is -0.128. The lowest BCUT2D eigenvalue weighted by Crippen LogP contribution is -2.42. The fraction of sp³-hybridized carbons (Fsp3) is 0.238. The first-order chi connectivity index (χ1) is 14.2. The zero-order valence-electron chi connectivity index (χ0n) is 16.9. The van der Waals surface area contributed by atoms with Crippen molar-refractivity contribution in [3.8, 4) is 16.3 Å². The van der Waals surface area contributed by atoms with Crippen molar-refractivity contribution in [3.05, 3.63) is 58.3 Å². The molecule has 9 heteroatoms. The smallest absolute Gasteiger partial charge is 0.267 e. The van der Waals surface area contributed by atoms with E-state index in [4.69, 9.17) is 4.74 Å². The highest BCUT2D eigenvalue weighted by Gasteiger charge is 2.30. The van der Waals surface area contributed by atoms with Gasteiger partial charge in [-0.1, -0.05) is 27.3 Å². The molecule has 2 aromatic heterocycles. The molecule has 0 atom stereocenters. The van der Waals surface area contributed by atoms with Gasteiger partial charge in [0.2, 0.25) is 4.96 Å². The number of benzene rings is 2. The minimum atomic E-state index is -1.04. The highest BCUT2D eigenvalue weighted by atomic mass is 79.9. The lowest BCUT2D eigenvalue weighted by Gasteiger charge is -2.25. The molecule has 0 aliphatic heterocycles. The summed E-state index contributed by atoms with van der Waals surface area (Å²) in [5.74, 6) is 1.15. The molecule has 2 aromatic carbocycles. The Morgan fingerprint density at radius 3 is 2.53 bits per heavy atom. The molecule has 2 heterocycles. The highest BCUT2D eigenvalue weighted by molar-refractivity contribution is 9.10. The van der Waals surface area contributed by atoms with Gasteiger partial charge in [0.05, 0.1) is 0 Å². The molecule has 7 nitrogen and oxygen atoms in total. The van der Waals surface area contributed by atoms with Crippen molar-refractivity contribution >= 4 is 43.8 Å². The van der Waals surface area contributed by atoms with Gasteiger partial charge in [-0.25, -0.2) is 0 Å². The number of carbonyl (C=O) groups is 1. The lowest BCUT2D eigenvalue weighted by atomic mass is 10.1. The summed E-state index contributed by atoms with van der Waals surface area (Å²) in [5.41, 5.74) is 1.59. The third-order valence-corrected chi connectivity index (χ3v) is 6.08. The van der Waals surface area contributed by atoms with Crippen LogP contribution < -0.4 is 10.1 Å². The third-order valence-electron chi connectivity index (χ3n) is 4.60. The van der Waals surface area contributed by atoms with E-state index in [1.54, 1.807) is 18.4 Å². The Morgan fingerprint density at radius 2 is 1.87 bits per heavy atom. The van der Waals surface area contributed by atoms with Gasteiger partial charge in [0, 0.05) is 15.7 Å². The van der Waals surface area contributed by atoms with Crippen LogP contribution in [-0.2, 0) is 4.79 Å². The van der Waals surface area contributed by atoms with Crippen LogP contribution in [0.25, 0.3) is 15.5 Å². The number of nitrogens with zero attached hydrogens (tertiary/aromatic N) is 4. The number of aromatic nitrogens is 4. The van der Waals surface area contributed by atoms with Crippen LogP contribution in [0.15, 0.2) is 46.9 Å². The van der Waals surface area contributed by atoms with Crippen LogP contribution in [0.1, 0.15) is 25.2 Å². The molecule has 154 valence electrons. The first kappa shape index (κ1) is 20.5. The Balaban J connectivity index is 1.51. The minimum absolute atomic E-state index is 0.226. The molecular formula is C21H20BrN5O2S. The number of rotatable bonds is 5. The number of hydrogen-bond acceptors (Lipinski definition) is 6. The van der Waals surface area contributed by atoms with Gasteiger partial charge in [0.25, 0.3) is 5.91 Å². The van der Waals surface area contributed by atoms with Gasteiger partial charge >= 0.3 is 0 Å². The number of amides is 1. The fourth-order valence-electron chi connectivity index (χ4n) is 2.88. The van der Waals surface area contributed by atoms with Crippen molar-refractivity contribution in [1.29, 1.82) is 0 Å². The van der Waals surface area contributed by atoms with Crippen molar-refractivity contribution < 1.29 is 9.53 Å². The fourth-order valence-corrected chi connectivity index (χ4v) is 4.03. The summed E-state index contributed by atoms with van der Waals surface area (Å²) in [4.78, 5) is 13.6. The Morgan fingerprint density at radius 1 is 1.13 bits per heavy atom. The second-order valence-electron chi connectivity index (χ2n) is 7.40. The molecular weight excluding hydrogens is 466 g/mol. The van der Waals surface area contributed by atoms with Crippen LogP contribution in [0.5, 0.6) is 5.75 Å². The molecule has 0 fully saturated rings. The van der Waals surface area contributed by atoms with Crippen molar-refractivity contribution in [3.63, 3.8) is 0 Å². The second kappa shape index (κ2) is 7.81. The van der Waals surface area contributed by atoms with Crippen molar-refractivity contribution in [2.24, 2.45) is 0 Å². The third kappa shape index (κ3) is 4.08. The number of aryl methyl sites for hydroxylation is 2. The molecule has 4 rings (SSSR count). The molecule has 0 saturated heterocycles. The molecule has 30 heavy (non-hydrogen) atoms. The summed E-state index contributed by atoms with van der Waals surface area (Å²) in [6.07, 6.45) is 0. The maximum atomic E-state index is 12.9. The molecule has 4 aromatic rings. The van der Waals surface area contributed by atoms with Gasteiger partial charge in [-0.3, -0.25) is 4.79 Å². The molecule has 0 aliphatic rings. The molecule has 0 radical (unpaired) electrons. The molecule has 0 aliphatic carbocycles. The van der Waals surface area contributed by atoms with Crippen LogP contribution in [0.2, 0.25) is 0 Å². The van der Waals surface area contributed by atoms with Gasteiger partial charge in [-0.2, -0.15) is 9.61 Å². The summed E-state index contributed by atoms with van der Waals surface area (Å²) < 4.78 is 8.58. The average Bonchev–Trinajstić information content (AvgIpc) is 3.27. The number of carbonyl (C=O) groups excluding carboxylic acids is 1. The van der Waals surface area contributed by atoms with Crippen molar-refractivity contribution in [1.82, 2.24) is 19.8 Å². The number of fused-ring (bicyclic) bond motifs is 1. The van der Waals surface area contributed by atoms with E-state index in [0.717, 1.165) is 37.1 Å². The van der Waals surface area contributed by atoms with E-state index in [1.165, 1.54) is 11.3 Å². The minimum Gasteiger partial charge on any atom is -0.478 e.